The number of carbonyl (C=O) groups is 2. The fraction of sp³-hybridized carbons (Fsp3) is 0.556. The Balaban J connectivity index is 1.41. The number of halogens is 1. The van der Waals surface area contributed by atoms with E-state index >= 15 is 0 Å². The van der Waals surface area contributed by atoms with E-state index in [1.54, 1.807) is 4.90 Å². The first-order valence-electron chi connectivity index (χ1n) is 8.89. The van der Waals surface area contributed by atoms with Crippen molar-refractivity contribution in [3.05, 3.63) is 35.6 Å². The van der Waals surface area contributed by atoms with Gasteiger partial charge in [-0.25, -0.2) is 4.39 Å². The predicted octanol–water partition coefficient (Wildman–Crippen LogP) is 0.405. The molecule has 2 heterocycles. The van der Waals surface area contributed by atoms with Crippen LogP contribution in [-0.2, 0) is 4.79 Å². The monoisotopic (exact) mass is 348 g/mol. The maximum atomic E-state index is 13.0. The van der Waals surface area contributed by atoms with Crippen LogP contribution < -0.4 is 5.32 Å². The number of hydrogen-bond donors (Lipinski definition) is 1. The van der Waals surface area contributed by atoms with Crippen molar-refractivity contribution in [3.8, 4) is 0 Å². The number of amides is 2. The zero-order chi connectivity index (χ0) is 17.6. The molecule has 0 bridgehead atoms. The Hall–Kier alpha value is -1.99. The molecule has 2 amide bonds. The first-order valence-corrected chi connectivity index (χ1v) is 8.89. The average molecular weight is 348 g/mol. The van der Waals surface area contributed by atoms with Crippen LogP contribution in [0.4, 0.5) is 4.39 Å². The number of carbonyl (C=O) groups excluding carboxylic acids is 2. The molecule has 0 atom stereocenters. The van der Waals surface area contributed by atoms with Crippen LogP contribution >= 0.6 is 0 Å². The molecule has 136 valence electrons. The second-order valence-electron chi connectivity index (χ2n) is 6.52. The van der Waals surface area contributed by atoms with Crippen molar-refractivity contribution in [2.24, 2.45) is 0 Å². The number of hydrogen-bond acceptors (Lipinski definition) is 4. The minimum absolute atomic E-state index is 0.0588. The van der Waals surface area contributed by atoms with Gasteiger partial charge in [0.1, 0.15) is 5.82 Å². The highest BCUT2D eigenvalue weighted by atomic mass is 19.1. The molecule has 1 aromatic carbocycles. The standard InChI is InChI=1S/C18H25FN4O2/c19-16-3-1-15(2-4-16)18(25)23-13-11-21(12-14-23)8-5-17(24)22-9-6-20-7-10-22/h1-4,20H,5-14H2. The van der Waals surface area contributed by atoms with Crippen molar-refractivity contribution in [1.29, 1.82) is 0 Å². The Morgan fingerprint density at radius 1 is 0.920 bits per heavy atom. The van der Waals surface area contributed by atoms with Gasteiger partial charge in [0, 0.05) is 70.9 Å². The highest BCUT2D eigenvalue weighted by Gasteiger charge is 2.23. The Morgan fingerprint density at radius 2 is 1.56 bits per heavy atom. The fourth-order valence-corrected chi connectivity index (χ4v) is 3.28. The second-order valence-corrected chi connectivity index (χ2v) is 6.52. The quantitative estimate of drug-likeness (QED) is 0.856. The molecule has 0 spiro atoms. The molecule has 2 aliphatic heterocycles. The lowest BCUT2D eigenvalue weighted by Gasteiger charge is -2.35. The van der Waals surface area contributed by atoms with E-state index < -0.39 is 0 Å². The van der Waals surface area contributed by atoms with Crippen LogP contribution in [0, 0.1) is 5.82 Å². The molecule has 6 nitrogen and oxygen atoms in total. The average Bonchev–Trinajstić information content (AvgIpc) is 2.67. The predicted molar refractivity (Wildman–Crippen MR) is 92.8 cm³/mol. The zero-order valence-electron chi connectivity index (χ0n) is 14.4. The van der Waals surface area contributed by atoms with Gasteiger partial charge in [-0.05, 0) is 24.3 Å². The topological polar surface area (TPSA) is 55.9 Å². The van der Waals surface area contributed by atoms with Crippen LogP contribution in [0.25, 0.3) is 0 Å². The van der Waals surface area contributed by atoms with Gasteiger partial charge in [-0.2, -0.15) is 0 Å². The van der Waals surface area contributed by atoms with Crippen LogP contribution in [0.2, 0.25) is 0 Å². The van der Waals surface area contributed by atoms with Crippen LogP contribution in [0.1, 0.15) is 16.8 Å². The summed E-state index contributed by atoms with van der Waals surface area (Å²) in [4.78, 5) is 30.6. The van der Waals surface area contributed by atoms with Crippen LogP contribution in [0.15, 0.2) is 24.3 Å². The summed E-state index contributed by atoms with van der Waals surface area (Å²) in [5.41, 5.74) is 0.517. The lowest BCUT2D eigenvalue weighted by atomic mass is 10.1. The lowest BCUT2D eigenvalue weighted by molar-refractivity contribution is -0.132. The van der Waals surface area contributed by atoms with Gasteiger partial charge in [0.15, 0.2) is 0 Å². The minimum Gasteiger partial charge on any atom is -0.340 e. The van der Waals surface area contributed by atoms with Crippen molar-refractivity contribution in [2.75, 3.05) is 58.9 Å². The Labute approximate surface area is 147 Å². The molecule has 25 heavy (non-hydrogen) atoms. The molecule has 2 aliphatic rings. The highest BCUT2D eigenvalue weighted by Crippen LogP contribution is 2.10. The smallest absolute Gasteiger partial charge is 0.253 e. The molecule has 2 fully saturated rings. The van der Waals surface area contributed by atoms with E-state index in [9.17, 15) is 14.0 Å². The van der Waals surface area contributed by atoms with Crippen molar-refractivity contribution in [3.63, 3.8) is 0 Å². The first-order chi connectivity index (χ1) is 12.1. The SMILES string of the molecule is O=C(CCN1CCN(C(=O)c2ccc(F)cc2)CC1)N1CCNCC1. The van der Waals surface area contributed by atoms with Gasteiger partial charge in [0.2, 0.25) is 5.91 Å². The van der Waals surface area contributed by atoms with E-state index in [0.717, 1.165) is 45.8 Å². The van der Waals surface area contributed by atoms with Gasteiger partial charge in [-0.3, -0.25) is 14.5 Å². The van der Waals surface area contributed by atoms with Crippen molar-refractivity contribution < 1.29 is 14.0 Å². The summed E-state index contributed by atoms with van der Waals surface area (Å²) in [6, 6.07) is 5.67. The number of rotatable bonds is 4. The van der Waals surface area contributed by atoms with Crippen molar-refractivity contribution in [2.45, 2.75) is 6.42 Å². The molecular weight excluding hydrogens is 323 g/mol. The van der Waals surface area contributed by atoms with E-state index in [4.69, 9.17) is 0 Å². The summed E-state index contributed by atoms with van der Waals surface area (Å²) in [6.07, 6.45) is 0.534. The van der Waals surface area contributed by atoms with Crippen molar-refractivity contribution in [1.82, 2.24) is 20.0 Å². The van der Waals surface area contributed by atoms with Crippen LogP contribution in [-0.4, -0.2) is 85.4 Å². The fourth-order valence-electron chi connectivity index (χ4n) is 3.28. The summed E-state index contributed by atoms with van der Waals surface area (Å²) >= 11 is 0. The van der Waals surface area contributed by atoms with E-state index in [1.165, 1.54) is 24.3 Å². The molecule has 0 radical (unpaired) electrons. The third-order valence-electron chi connectivity index (χ3n) is 4.86. The summed E-state index contributed by atoms with van der Waals surface area (Å²) in [5.74, 6) is -0.182. The van der Waals surface area contributed by atoms with Crippen LogP contribution in [0.5, 0.6) is 0 Å². The summed E-state index contributed by atoms with van der Waals surface area (Å²) < 4.78 is 13.0. The Bertz CT molecular complexity index is 594. The normalized spacial score (nSPS) is 19.1. The molecule has 0 aliphatic carbocycles. The lowest BCUT2D eigenvalue weighted by Crippen LogP contribution is -2.50. The molecule has 7 heteroatoms. The molecular formula is C18H25FN4O2. The summed E-state index contributed by atoms with van der Waals surface area (Å²) in [7, 11) is 0. The first kappa shape index (κ1) is 17.8. The molecule has 0 unspecified atom stereocenters. The molecule has 0 aromatic heterocycles. The number of nitrogens with one attached hydrogen (secondary N) is 1. The molecule has 0 saturated carbocycles. The van der Waals surface area contributed by atoms with E-state index in [-0.39, 0.29) is 17.6 Å². The van der Waals surface area contributed by atoms with Gasteiger partial charge >= 0.3 is 0 Å². The van der Waals surface area contributed by atoms with Crippen LogP contribution in [0.3, 0.4) is 0 Å². The number of nitrogens with zero attached hydrogens (tertiary/aromatic N) is 3. The number of benzene rings is 1. The maximum absolute atomic E-state index is 13.0. The third kappa shape index (κ3) is 4.76. The van der Waals surface area contributed by atoms with Gasteiger partial charge in [0.05, 0.1) is 0 Å². The van der Waals surface area contributed by atoms with E-state index in [1.807, 2.05) is 4.90 Å². The molecule has 3 rings (SSSR count). The van der Waals surface area contributed by atoms with E-state index in [0.29, 0.717) is 25.1 Å². The van der Waals surface area contributed by atoms with Gasteiger partial charge in [-0.15, -0.1) is 0 Å². The van der Waals surface area contributed by atoms with Crippen molar-refractivity contribution >= 4 is 11.8 Å². The molecule has 1 aromatic rings. The Kier molecular flexibility index (Phi) is 5.99. The highest BCUT2D eigenvalue weighted by molar-refractivity contribution is 5.94. The van der Waals surface area contributed by atoms with Gasteiger partial charge < -0.3 is 15.1 Å². The summed E-state index contributed by atoms with van der Waals surface area (Å²) in [6.45, 7) is 6.87. The van der Waals surface area contributed by atoms with Gasteiger partial charge in [-0.1, -0.05) is 0 Å². The van der Waals surface area contributed by atoms with E-state index in [2.05, 4.69) is 10.2 Å². The minimum atomic E-state index is -0.337. The largest absolute Gasteiger partial charge is 0.340 e. The molecule has 1 N–H and O–H groups in total. The molecule has 2 saturated heterocycles. The summed E-state index contributed by atoms with van der Waals surface area (Å²) in [5, 5.41) is 3.24. The van der Waals surface area contributed by atoms with Gasteiger partial charge in [0.25, 0.3) is 5.91 Å². The maximum Gasteiger partial charge on any atom is 0.253 e. The zero-order valence-corrected chi connectivity index (χ0v) is 14.4. The second kappa shape index (κ2) is 8.40. The third-order valence-corrected chi connectivity index (χ3v) is 4.86. The Morgan fingerprint density at radius 3 is 2.20 bits per heavy atom. The number of piperazine rings is 2.